The largest absolute Gasteiger partial charge is 0.362 e. The van der Waals surface area contributed by atoms with Crippen LogP contribution in [0.1, 0.15) is 24.5 Å². The number of nitrogens with zero attached hydrogens (tertiary/aromatic N) is 3. The van der Waals surface area contributed by atoms with Gasteiger partial charge in [0.15, 0.2) is 0 Å². The molecule has 6 heteroatoms. The van der Waals surface area contributed by atoms with Crippen molar-refractivity contribution in [1.82, 2.24) is 4.90 Å². The Balaban J connectivity index is 1.97. The number of carbonyl (C=O) groups excluding carboxylic acids is 1. The van der Waals surface area contributed by atoms with Crippen molar-refractivity contribution in [3.63, 3.8) is 0 Å². The highest BCUT2D eigenvalue weighted by molar-refractivity contribution is 6.32. The van der Waals surface area contributed by atoms with Crippen LogP contribution in [0.25, 0.3) is 0 Å². The summed E-state index contributed by atoms with van der Waals surface area (Å²) >= 11 is 12.6. The van der Waals surface area contributed by atoms with Gasteiger partial charge in [0.05, 0.1) is 16.6 Å². The fraction of sp³-hybridized carbons (Fsp3) is 0.300. The van der Waals surface area contributed by atoms with Gasteiger partial charge in [-0.1, -0.05) is 41.4 Å². The predicted molar refractivity (Wildman–Crippen MR) is 104 cm³/mol. The van der Waals surface area contributed by atoms with E-state index in [9.17, 15) is 4.79 Å². The second-order valence-electron chi connectivity index (χ2n) is 6.29. The van der Waals surface area contributed by atoms with E-state index in [1.165, 1.54) is 0 Å². The van der Waals surface area contributed by atoms with Crippen molar-refractivity contribution < 1.29 is 4.79 Å². The molecule has 0 N–H and O–H groups in total. The number of anilines is 1. The van der Waals surface area contributed by atoms with Gasteiger partial charge in [0, 0.05) is 36.8 Å². The molecule has 1 fully saturated rings. The first-order valence-corrected chi connectivity index (χ1v) is 9.26. The molecule has 1 heterocycles. The third kappa shape index (κ3) is 3.80. The van der Waals surface area contributed by atoms with E-state index < -0.39 is 0 Å². The van der Waals surface area contributed by atoms with Gasteiger partial charge in [0.2, 0.25) is 5.91 Å². The molecule has 0 unspecified atom stereocenters. The van der Waals surface area contributed by atoms with Gasteiger partial charge in [-0.25, -0.2) is 0 Å². The quantitative estimate of drug-likeness (QED) is 0.758. The second kappa shape index (κ2) is 7.99. The summed E-state index contributed by atoms with van der Waals surface area (Å²) in [6.45, 7) is 3.91. The van der Waals surface area contributed by atoms with Crippen molar-refractivity contribution in [2.75, 3.05) is 18.0 Å². The summed E-state index contributed by atoms with van der Waals surface area (Å²) in [5.41, 5.74) is 2.30. The minimum absolute atomic E-state index is 0.0303. The number of hydrogen-bond donors (Lipinski definition) is 0. The number of hydrogen-bond acceptors (Lipinski definition) is 3. The Morgan fingerprint density at radius 3 is 2.62 bits per heavy atom. The van der Waals surface area contributed by atoms with Gasteiger partial charge in [-0.05, 0) is 36.8 Å². The van der Waals surface area contributed by atoms with Gasteiger partial charge in [-0.15, -0.1) is 0 Å². The van der Waals surface area contributed by atoms with Gasteiger partial charge in [0.1, 0.15) is 6.07 Å². The van der Waals surface area contributed by atoms with E-state index in [2.05, 4.69) is 11.0 Å². The normalized spacial score (nSPS) is 16.6. The lowest BCUT2D eigenvalue weighted by Crippen LogP contribution is -2.37. The number of carbonyl (C=O) groups is 1. The maximum absolute atomic E-state index is 12.2. The molecule has 26 heavy (non-hydrogen) atoms. The third-order valence-corrected chi connectivity index (χ3v) is 5.40. The number of halogens is 2. The Morgan fingerprint density at radius 2 is 2.00 bits per heavy atom. The Kier molecular flexibility index (Phi) is 5.70. The van der Waals surface area contributed by atoms with E-state index in [1.807, 2.05) is 42.2 Å². The summed E-state index contributed by atoms with van der Waals surface area (Å²) in [5, 5.41) is 10.2. The molecule has 4 nitrogen and oxygen atoms in total. The van der Waals surface area contributed by atoms with Gasteiger partial charge in [-0.3, -0.25) is 4.79 Å². The van der Waals surface area contributed by atoms with Crippen molar-refractivity contribution in [2.45, 2.75) is 25.9 Å². The average Bonchev–Trinajstić information content (AvgIpc) is 3.01. The van der Waals surface area contributed by atoms with Gasteiger partial charge >= 0.3 is 0 Å². The van der Waals surface area contributed by atoms with Crippen LogP contribution in [0.15, 0.2) is 42.5 Å². The Hall–Kier alpha value is -2.22. The molecule has 1 aliphatic rings. The molecule has 2 aromatic carbocycles. The van der Waals surface area contributed by atoms with E-state index in [-0.39, 0.29) is 11.9 Å². The molecule has 0 spiro atoms. The van der Waals surface area contributed by atoms with Gasteiger partial charge < -0.3 is 9.80 Å². The zero-order valence-corrected chi connectivity index (χ0v) is 16.0. The summed E-state index contributed by atoms with van der Waals surface area (Å²) in [6.07, 6.45) is 0.454. The molecule has 1 saturated heterocycles. The summed E-state index contributed by atoms with van der Waals surface area (Å²) in [6, 6.07) is 15.2. The van der Waals surface area contributed by atoms with Crippen LogP contribution in [0.5, 0.6) is 0 Å². The predicted octanol–water partition coefficient (Wildman–Crippen LogP) is 4.49. The highest BCUT2D eigenvalue weighted by Gasteiger charge is 2.33. The topological polar surface area (TPSA) is 47.3 Å². The molecular formula is C20H19Cl2N3O. The maximum atomic E-state index is 12.2. The molecule has 0 bridgehead atoms. The highest BCUT2D eigenvalue weighted by atomic mass is 35.5. The van der Waals surface area contributed by atoms with Crippen LogP contribution in [0.2, 0.25) is 10.0 Å². The van der Waals surface area contributed by atoms with Crippen molar-refractivity contribution >= 4 is 34.8 Å². The van der Waals surface area contributed by atoms with Crippen LogP contribution in [-0.4, -0.2) is 29.9 Å². The Morgan fingerprint density at radius 1 is 1.23 bits per heavy atom. The molecular weight excluding hydrogens is 369 g/mol. The average molecular weight is 388 g/mol. The van der Waals surface area contributed by atoms with Crippen molar-refractivity contribution in [3.8, 4) is 6.07 Å². The smallest absolute Gasteiger partial charge is 0.224 e. The van der Waals surface area contributed by atoms with E-state index in [1.54, 1.807) is 12.1 Å². The lowest BCUT2D eigenvalue weighted by molar-refractivity contribution is -0.127. The summed E-state index contributed by atoms with van der Waals surface area (Å²) in [4.78, 5) is 16.3. The molecule has 0 aliphatic carbocycles. The number of amides is 1. The SMILES string of the molecule is CCN1C[C@@H](N(Cc2ccccc2Cl)c2ccc(C#N)c(Cl)c2)CC1=O. The first-order valence-electron chi connectivity index (χ1n) is 8.51. The second-order valence-corrected chi connectivity index (χ2v) is 7.10. The molecule has 1 atom stereocenters. The number of nitriles is 1. The lowest BCUT2D eigenvalue weighted by atomic mass is 10.1. The summed E-state index contributed by atoms with van der Waals surface area (Å²) in [7, 11) is 0. The van der Waals surface area contributed by atoms with E-state index in [0.29, 0.717) is 41.7 Å². The minimum Gasteiger partial charge on any atom is -0.362 e. The van der Waals surface area contributed by atoms with Crippen LogP contribution in [-0.2, 0) is 11.3 Å². The first-order chi connectivity index (χ1) is 12.5. The standard InChI is InChI=1S/C20H19Cl2N3O/c1-2-24-13-17(10-20(24)26)25(12-15-5-3-4-6-18(15)21)16-8-7-14(11-23)19(22)9-16/h3-9,17H,2,10,12-13H2,1H3/t17-/m0/s1. The number of rotatable bonds is 5. The first kappa shape index (κ1) is 18.6. The number of likely N-dealkylation sites (tertiary alicyclic amines) is 1. The molecule has 1 amide bonds. The minimum atomic E-state index is 0.0303. The van der Waals surface area contributed by atoms with E-state index >= 15 is 0 Å². The van der Waals surface area contributed by atoms with Crippen molar-refractivity contribution in [2.24, 2.45) is 0 Å². The van der Waals surface area contributed by atoms with Crippen LogP contribution in [0.3, 0.4) is 0 Å². The molecule has 2 aromatic rings. The fourth-order valence-electron chi connectivity index (χ4n) is 3.28. The van der Waals surface area contributed by atoms with Crippen molar-refractivity contribution in [3.05, 3.63) is 63.6 Å². The van der Waals surface area contributed by atoms with Gasteiger partial charge in [0.25, 0.3) is 0 Å². The Labute approximate surface area is 163 Å². The zero-order valence-electron chi connectivity index (χ0n) is 14.5. The monoisotopic (exact) mass is 387 g/mol. The molecule has 0 radical (unpaired) electrons. The van der Waals surface area contributed by atoms with Crippen molar-refractivity contribution in [1.29, 1.82) is 5.26 Å². The molecule has 1 aliphatic heterocycles. The van der Waals surface area contributed by atoms with E-state index in [0.717, 1.165) is 11.3 Å². The number of likely N-dealkylation sites (N-methyl/N-ethyl adjacent to an activating group) is 1. The molecule has 3 rings (SSSR count). The molecule has 134 valence electrons. The fourth-order valence-corrected chi connectivity index (χ4v) is 3.69. The summed E-state index contributed by atoms with van der Waals surface area (Å²) in [5.74, 6) is 0.154. The van der Waals surface area contributed by atoms with Crippen LogP contribution < -0.4 is 4.90 Å². The highest BCUT2D eigenvalue weighted by Crippen LogP contribution is 2.30. The van der Waals surface area contributed by atoms with Crippen LogP contribution >= 0.6 is 23.2 Å². The maximum Gasteiger partial charge on any atom is 0.224 e. The van der Waals surface area contributed by atoms with Crippen LogP contribution in [0, 0.1) is 11.3 Å². The van der Waals surface area contributed by atoms with Crippen LogP contribution in [0.4, 0.5) is 5.69 Å². The van der Waals surface area contributed by atoms with E-state index in [4.69, 9.17) is 28.5 Å². The molecule has 0 aromatic heterocycles. The third-order valence-electron chi connectivity index (χ3n) is 4.72. The lowest BCUT2D eigenvalue weighted by Gasteiger charge is -2.31. The van der Waals surface area contributed by atoms with Gasteiger partial charge in [-0.2, -0.15) is 5.26 Å². The number of benzene rings is 2. The molecule has 0 saturated carbocycles. The zero-order chi connectivity index (χ0) is 18.7. The summed E-state index contributed by atoms with van der Waals surface area (Å²) < 4.78 is 0. The Bertz CT molecular complexity index is 862.